The Bertz CT molecular complexity index is 2400. The van der Waals surface area contributed by atoms with E-state index in [1.54, 1.807) is 0 Å². The van der Waals surface area contributed by atoms with Crippen molar-refractivity contribution in [2.24, 2.45) is 0 Å². The number of hydrogen-bond acceptors (Lipinski definition) is 3. The average Bonchev–Trinajstić information content (AvgIpc) is 3.46. The number of benzene rings is 6. The fraction of sp³-hybridized carbons (Fsp3) is 0.0500. The van der Waals surface area contributed by atoms with Gasteiger partial charge in [-0.2, -0.15) is 0 Å². The molecule has 8 aromatic rings. The standard InChI is InChI=1S/C40H26N2S/c1-2-11-25(12-3-1)37-38(42-40-33-19-7-5-16-30(33)29-15-4-6-18-32(29)39(40)41-37)28-14-10-13-26(23-28)27-21-22-36-34(24-27)31-17-8-9-20-35(31)43-36/h1-8,10-19,21-24H,9,20H2. The number of thiophene rings is 1. The van der Waals surface area contributed by atoms with Crippen LogP contribution < -0.4 is 0 Å². The summed E-state index contributed by atoms with van der Waals surface area (Å²) in [6, 6.07) is 43.3. The molecule has 0 amide bonds. The Labute approximate surface area is 253 Å². The van der Waals surface area contributed by atoms with Crippen molar-refractivity contribution in [3.05, 3.63) is 138 Å². The Morgan fingerprint density at radius 2 is 1.09 bits per heavy atom. The Morgan fingerprint density at radius 3 is 1.84 bits per heavy atom. The first-order valence-corrected chi connectivity index (χ1v) is 15.6. The predicted molar refractivity (Wildman–Crippen MR) is 184 cm³/mol. The van der Waals surface area contributed by atoms with Crippen molar-refractivity contribution >= 4 is 60.1 Å². The van der Waals surface area contributed by atoms with E-state index in [1.165, 1.54) is 42.4 Å². The maximum Gasteiger partial charge on any atom is 0.0979 e. The van der Waals surface area contributed by atoms with Crippen molar-refractivity contribution < 1.29 is 0 Å². The Hall–Kier alpha value is -5.12. The van der Waals surface area contributed by atoms with Crippen LogP contribution in [0.25, 0.3) is 82.4 Å². The highest BCUT2D eigenvalue weighted by atomic mass is 32.1. The van der Waals surface area contributed by atoms with Crippen LogP contribution in [0, 0.1) is 0 Å². The number of hydrogen-bond donors (Lipinski definition) is 0. The molecule has 2 nitrogen and oxygen atoms in total. The van der Waals surface area contributed by atoms with Gasteiger partial charge in [0.1, 0.15) is 0 Å². The Balaban J connectivity index is 1.30. The molecule has 0 atom stereocenters. The van der Waals surface area contributed by atoms with Gasteiger partial charge in [0.2, 0.25) is 0 Å². The minimum atomic E-state index is 0.901. The fourth-order valence-corrected chi connectivity index (χ4v) is 7.82. The molecule has 0 unspecified atom stereocenters. The highest BCUT2D eigenvalue weighted by molar-refractivity contribution is 7.19. The van der Waals surface area contributed by atoms with Gasteiger partial charge in [-0.15, -0.1) is 11.3 Å². The van der Waals surface area contributed by atoms with E-state index < -0.39 is 0 Å². The molecule has 202 valence electrons. The third kappa shape index (κ3) is 3.93. The topological polar surface area (TPSA) is 25.8 Å². The largest absolute Gasteiger partial charge is 0.243 e. The number of allylic oxidation sites excluding steroid dienone is 1. The van der Waals surface area contributed by atoms with Crippen LogP contribution >= 0.6 is 11.3 Å². The summed E-state index contributed by atoms with van der Waals surface area (Å²) in [5.41, 5.74) is 9.61. The number of aromatic nitrogens is 2. The molecule has 2 heterocycles. The van der Waals surface area contributed by atoms with Gasteiger partial charge < -0.3 is 0 Å². The molecule has 9 rings (SSSR count). The monoisotopic (exact) mass is 566 g/mol. The van der Waals surface area contributed by atoms with Crippen molar-refractivity contribution in [1.29, 1.82) is 0 Å². The predicted octanol–water partition coefficient (Wildman–Crippen LogP) is 11.1. The molecule has 0 bridgehead atoms. The van der Waals surface area contributed by atoms with Gasteiger partial charge in [-0.25, -0.2) is 9.97 Å². The van der Waals surface area contributed by atoms with E-state index in [9.17, 15) is 0 Å². The lowest BCUT2D eigenvalue weighted by Gasteiger charge is -2.15. The smallest absolute Gasteiger partial charge is 0.0979 e. The van der Waals surface area contributed by atoms with Crippen LogP contribution in [0.15, 0.2) is 127 Å². The summed E-state index contributed by atoms with van der Waals surface area (Å²) in [5, 5.41) is 6.01. The molecule has 43 heavy (non-hydrogen) atoms. The number of aryl methyl sites for hydroxylation is 1. The second kappa shape index (κ2) is 9.72. The van der Waals surface area contributed by atoms with Crippen LogP contribution in [-0.4, -0.2) is 9.97 Å². The molecule has 1 aliphatic carbocycles. The minimum absolute atomic E-state index is 0.901. The molecule has 0 saturated carbocycles. The van der Waals surface area contributed by atoms with Crippen LogP contribution in [0.5, 0.6) is 0 Å². The van der Waals surface area contributed by atoms with Gasteiger partial charge >= 0.3 is 0 Å². The molecule has 1 aliphatic rings. The SMILES string of the molecule is C1=Cc2c(sc3ccc(-c4cccc(-c5nc6c7ccccc7c7ccccc7c6nc5-c5ccccc5)c4)cc23)CC1. The lowest BCUT2D eigenvalue weighted by atomic mass is 9.95. The van der Waals surface area contributed by atoms with E-state index in [0.29, 0.717) is 0 Å². The van der Waals surface area contributed by atoms with Gasteiger partial charge in [-0.3, -0.25) is 0 Å². The first-order valence-electron chi connectivity index (χ1n) is 14.8. The first-order chi connectivity index (χ1) is 21.3. The lowest BCUT2D eigenvalue weighted by Crippen LogP contribution is -1.97. The van der Waals surface area contributed by atoms with Crippen molar-refractivity contribution in [2.75, 3.05) is 0 Å². The summed E-state index contributed by atoms with van der Waals surface area (Å²) in [7, 11) is 0. The minimum Gasteiger partial charge on any atom is -0.243 e. The second-order valence-corrected chi connectivity index (χ2v) is 12.4. The van der Waals surface area contributed by atoms with Crippen molar-refractivity contribution in [1.82, 2.24) is 9.97 Å². The zero-order chi connectivity index (χ0) is 28.3. The molecule has 0 spiro atoms. The van der Waals surface area contributed by atoms with Gasteiger partial charge in [-0.1, -0.05) is 115 Å². The van der Waals surface area contributed by atoms with Gasteiger partial charge in [0.25, 0.3) is 0 Å². The summed E-state index contributed by atoms with van der Waals surface area (Å²) in [5.74, 6) is 0. The molecule has 0 aliphatic heterocycles. The average molecular weight is 567 g/mol. The van der Waals surface area contributed by atoms with E-state index in [4.69, 9.17) is 9.97 Å². The molecule has 2 aromatic heterocycles. The first kappa shape index (κ1) is 24.5. The number of nitrogens with zero attached hydrogens (tertiary/aromatic N) is 2. The Morgan fingerprint density at radius 1 is 0.488 bits per heavy atom. The summed E-state index contributed by atoms with van der Waals surface area (Å²) in [4.78, 5) is 12.4. The molecule has 0 fully saturated rings. The van der Waals surface area contributed by atoms with Gasteiger partial charge in [0.15, 0.2) is 0 Å². The van der Waals surface area contributed by atoms with Crippen molar-refractivity contribution in [3.8, 4) is 33.6 Å². The van der Waals surface area contributed by atoms with Gasteiger partial charge in [-0.05, 0) is 58.5 Å². The van der Waals surface area contributed by atoms with Crippen LogP contribution in [0.4, 0.5) is 0 Å². The molecule has 0 N–H and O–H groups in total. The van der Waals surface area contributed by atoms with Crippen LogP contribution in [0.2, 0.25) is 0 Å². The number of fused-ring (bicyclic) bond motifs is 9. The second-order valence-electron chi connectivity index (χ2n) is 11.2. The molecule has 3 heteroatoms. The van der Waals surface area contributed by atoms with Crippen LogP contribution in [0.1, 0.15) is 16.9 Å². The summed E-state index contributed by atoms with van der Waals surface area (Å²) in [6.07, 6.45) is 6.89. The fourth-order valence-electron chi connectivity index (χ4n) is 6.64. The molecule has 0 radical (unpaired) electrons. The van der Waals surface area contributed by atoms with E-state index in [2.05, 4.69) is 133 Å². The highest BCUT2D eigenvalue weighted by Gasteiger charge is 2.19. The quantitative estimate of drug-likeness (QED) is 0.199. The maximum absolute atomic E-state index is 5.46. The zero-order valence-electron chi connectivity index (χ0n) is 23.4. The summed E-state index contributed by atoms with van der Waals surface area (Å²) < 4.78 is 1.36. The zero-order valence-corrected chi connectivity index (χ0v) is 24.2. The van der Waals surface area contributed by atoms with E-state index in [0.717, 1.165) is 57.2 Å². The van der Waals surface area contributed by atoms with Gasteiger partial charge in [0, 0.05) is 36.9 Å². The third-order valence-electron chi connectivity index (χ3n) is 8.69. The van der Waals surface area contributed by atoms with Crippen LogP contribution in [0.3, 0.4) is 0 Å². The molecule has 0 saturated heterocycles. The van der Waals surface area contributed by atoms with E-state index in [1.807, 2.05) is 11.3 Å². The molecule has 6 aromatic carbocycles. The van der Waals surface area contributed by atoms with Crippen molar-refractivity contribution in [2.45, 2.75) is 12.8 Å². The maximum atomic E-state index is 5.46. The lowest BCUT2D eigenvalue weighted by molar-refractivity contribution is 1.02. The molecular weight excluding hydrogens is 541 g/mol. The Kier molecular flexibility index (Phi) is 5.53. The third-order valence-corrected chi connectivity index (χ3v) is 9.94. The highest BCUT2D eigenvalue weighted by Crippen LogP contribution is 2.40. The normalized spacial score (nSPS) is 12.8. The summed E-state index contributed by atoms with van der Waals surface area (Å²) in [6.45, 7) is 0. The number of rotatable bonds is 3. The van der Waals surface area contributed by atoms with Gasteiger partial charge in [0.05, 0.1) is 22.4 Å². The van der Waals surface area contributed by atoms with Crippen molar-refractivity contribution in [3.63, 3.8) is 0 Å². The van der Waals surface area contributed by atoms with E-state index >= 15 is 0 Å². The molecular formula is C40H26N2S. The van der Waals surface area contributed by atoms with Crippen LogP contribution in [-0.2, 0) is 6.42 Å². The van der Waals surface area contributed by atoms with E-state index in [-0.39, 0.29) is 0 Å². The summed E-state index contributed by atoms with van der Waals surface area (Å²) >= 11 is 1.94.